The number of nitrogens with one attached hydrogen (secondary N) is 1. The van der Waals surface area contributed by atoms with E-state index in [1.165, 1.54) is 21.9 Å². The van der Waals surface area contributed by atoms with Crippen molar-refractivity contribution >= 4 is 22.2 Å². The summed E-state index contributed by atoms with van der Waals surface area (Å²) in [6, 6.07) is 0. The van der Waals surface area contributed by atoms with Crippen molar-refractivity contribution in [2.75, 3.05) is 13.2 Å². The van der Waals surface area contributed by atoms with Crippen LogP contribution in [0.2, 0.25) is 0 Å². The highest BCUT2D eigenvalue weighted by Gasteiger charge is 2.15. The van der Waals surface area contributed by atoms with Crippen LogP contribution >= 0.6 is 11.3 Å². The minimum absolute atomic E-state index is 0.0122. The van der Waals surface area contributed by atoms with Crippen molar-refractivity contribution in [2.24, 2.45) is 0 Å². The van der Waals surface area contributed by atoms with Crippen LogP contribution in [0.1, 0.15) is 20.9 Å². The van der Waals surface area contributed by atoms with Crippen molar-refractivity contribution < 1.29 is 9.90 Å². The highest BCUT2D eigenvalue weighted by Crippen LogP contribution is 2.18. The molecule has 6 nitrogen and oxygen atoms in total. The lowest BCUT2D eigenvalue weighted by Crippen LogP contribution is -2.33. The second-order valence-corrected chi connectivity index (χ2v) is 5.00. The minimum Gasteiger partial charge on any atom is -0.395 e. The summed E-state index contributed by atoms with van der Waals surface area (Å²) < 4.78 is 1.44. The van der Waals surface area contributed by atoms with Gasteiger partial charge in [-0.3, -0.25) is 14.0 Å². The molecule has 2 aromatic rings. The summed E-state index contributed by atoms with van der Waals surface area (Å²) in [5, 5.41) is 11.1. The van der Waals surface area contributed by atoms with Gasteiger partial charge in [-0.15, -0.1) is 11.3 Å². The zero-order valence-electron chi connectivity index (χ0n) is 10.1. The number of thiazole rings is 1. The standard InChI is InChI=1S/C11H13N3O3S/c1-6-7(2)18-11-13-5-8(10(17)14(6)11)9(16)12-3-4-15/h5,15H,3-4H2,1-2H3,(H,12,16). The largest absolute Gasteiger partial charge is 0.395 e. The number of hydrogen-bond donors (Lipinski definition) is 2. The molecule has 2 N–H and O–H groups in total. The number of carbonyl (C=O) groups excluding carboxylic acids is 1. The van der Waals surface area contributed by atoms with Crippen LogP contribution in [-0.2, 0) is 0 Å². The summed E-state index contributed by atoms with van der Waals surface area (Å²) in [6.07, 6.45) is 1.28. The van der Waals surface area contributed by atoms with E-state index in [4.69, 9.17) is 5.11 Å². The Bertz CT molecular complexity index is 659. The second kappa shape index (κ2) is 4.87. The summed E-state index contributed by atoms with van der Waals surface area (Å²) in [7, 11) is 0. The number of carbonyl (C=O) groups is 1. The fourth-order valence-electron chi connectivity index (χ4n) is 1.60. The van der Waals surface area contributed by atoms with E-state index in [9.17, 15) is 9.59 Å². The molecule has 2 heterocycles. The van der Waals surface area contributed by atoms with Crippen LogP contribution < -0.4 is 10.9 Å². The molecule has 0 saturated heterocycles. The van der Waals surface area contributed by atoms with Gasteiger partial charge in [-0.2, -0.15) is 0 Å². The van der Waals surface area contributed by atoms with Gasteiger partial charge >= 0.3 is 0 Å². The maximum Gasteiger partial charge on any atom is 0.271 e. The molecule has 0 aliphatic carbocycles. The van der Waals surface area contributed by atoms with E-state index < -0.39 is 5.91 Å². The molecule has 96 valence electrons. The van der Waals surface area contributed by atoms with Crippen molar-refractivity contribution in [1.29, 1.82) is 0 Å². The molecule has 7 heteroatoms. The van der Waals surface area contributed by atoms with Gasteiger partial charge < -0.3 is 10.4 Å². The van der Waals surface area contributed by atoms with E-state index in [1.54, 1.807) is 0 Å². The molecule has 0 atom stereocenters. The molecule has 2 aromatic heterocycles. The third-order valence-electron chi connectivity index (χ3n) is 2.66. The third-order valence-corrected chi connectivity index (χ3v) is 3.73. The SMILES string of the molecule is Cc1sc2ncc(C(=O)NCCO)c(=O)n2c1C. The summed E-state index contributed by atoms with van der Waals surface area (Å²) in [4.78, 5) is 29.6. The first kappa shape index (κ1) is 12.7. The van der Waals surface area contributed by atoms with E-state index in [1.807, 2.05) is 13.8 Å². The Kier molecular flexibility index (Phi) is 3.44. The van der Waals surface area contributed by atoms with Crippen molar-refractivity contribution in [3.8, 4) is 0 Å². The van der Waals surface area contributed by atoms with Crippen LogP contribution in [0.3, 0.4) is 0 Å². The average Bonchev–Trinajstić information content (AvgIpc) is 2.63. The van der Waals surface area contributed by atoms with Gasteiger partial charge in [0, 0.05) is 23.3 Å². The Labute approximate surface area is 107 Å². The van der Waals surface area contributed by atoms with E-state index >= 15 is 0 Å². The van der Waals surface area contributed by atoms with Gasteiger partial charge in [0.1, 0.15) is 5.56 Å². The molecule has 0 aromatic carbocycles. The number of hydrogen-bond acceptors (Lipinski definition) is 5. The lowest BCUT2D eigenvalue weighted by Gasteiger charge is -2.03. The van der Waals surface area contributed by atoms with Crippen LogP contribution in [0, 0.1) is 13.8 Å². The normalized spacial score (nSPS) is 10.8. The zero-order chi connectivity index (χ0) is 13.3. The molecule has 0 radical (unpaired) electrons. The summed E-state index contributed by atoms with van der Waals surface area (Å²) in [6.45, 7) is 3.67. The molecule has 0 spiro atoms. The monoisotopic (exact) mass is 267 g/mol. The highest BCUT2D eigenvalue weighted by molar-refractivity contribution is 7.17. The molecule has 1 amide bonds. The first-order chi connectivity index (χ1) is 8.56. The van der Waals surface area contributed by atoms with E-state index in [-0.39, 0.29) is 24.3 Å². The van der Waals surface area contributed by atoms with Crippen LogP contribution in [0.5, 0.6) is 0 Å². The van der Waals surface area contributed by atoms with Crippen molar-refractivity contribution in [1.82, 2.24) is 14.7 Å². The van der Waals surface area contributed by atoms with Gasteiger partial charge in [0.25, 0.3) is 11.5 Å². The first-order valence-corrected chi connectivity index (χ1v) is 6.24. The van der Waals surface area contributed by atoms with Gasteiger partial charge in [0.15, 0.2) is 4.96 Å². The van der Waals surface area contributed by atoms with Gasteiger partial charge in [0.05, 0.1) is 6.61 Å². The highest BCUT2D eigenvalue weighted by atomic mass is 32.1. The number of aliphatic hydroxyl groups excluding tert-OH is 1. The molecule has 18 heavy (non-hydrogen) atoms. The quantitative estimate of drug-likeness (QED) is 0.826. The predicted molar refractivity (Wildman–Crippen MR) is 68.2 cm³/mol. The smallest absolute Gasteiger partial charge is 0.271 e. The molecule has 0 aliphatic heterocycles. The third kappa shape index (κ3) is 2.02. The number of aryl methyl sites for hydroxylation is 2. The maximum atomic E-state index is 12.2. The summed E-state index contributed by atoms with van der Waals surface area (Å²) in [5.74, 6) is -0.515. The fourth-order valence-corrected chi connectivity index (χ4v) is 2.53. The average molecular weight is 267 g/mol. The van der Waals surface area contributed by atoms with Gasteiger partial charge in [-0.1, -0.05) is 0 Å². The summed E-state index contributed by atoms with van der Waals surface area (Å²) >= 11 is 1.41. The number of nitrogens with zero attached hydrogens (tertiary/aromatic N) is 2. The number of aliphatic hydroxyl groups is 1. The van der Waals surface area contributed by atoms with Crippen LogP contribution in [-0.4, -0.2) is 33.6 Å². The second-order valence-electron chi connectivity index (χ2n) is 3.82. The predicted octanol–water partition coefficient (Wildman–Crippen LogP) is 0.0949. The molecule has 0 aliphatic rings. The maximum absolute atomic E-state index is 12.2. The number of amides is 1. The van der Waals surface area contributed by atoms with Gasteiger partial charge in [0.2, 0.25) is 0 Å². The van der Waals surface area contributed by atoms with E-state index in [2.05, 4.69) is 10.3 Å². The van der Waals surface area contributed by atoms with E-state index in [0.717, 1.165) is 10.6 Å². The number of fused-ring (bicyclic) bond motifs is 1. The fraction of sp³-hybridized carbons (Fsp3) is 0.364. The molecule has 0 bridgehead atoms. The Morgan fingerprint density at radius 1 is 1.56 bits per heavy atom. The molecule has 0 saturated carbocycles. The minimum atomic E-state index is -0.515. The van der Waals surface area contributed by atoms with E-state index in [0.29, 0.717) is 4.96 Å². The first-order valence-electron chi connectivity index (χ1n) is 5.43. The lowest BCUT2D eigenvalue weighted by atomic mass is 10.3. The lowest BCUT2D eigenvalue weighted by molar-refractivity contribution is 0.0942. The topological polar surface area (TPSA) is 83.7 Å². The van der Waals surface area contributed by atoms with Crippen molar-refractivity contribution in [3.05, 3.63) is 32.7 Å². The Morgan fingerprint density at radius 2 is 2.28 bits per heavy atom. The molecular formula is C11H13N3O3S. The van der Waals surface area contributed by atoms with Crippen LogP contribution in [0.25, 0.3) is 4.96 Å². The zero-order valence-corrected chi connectivity index (χ0v) is 10.9. The van der Waals surface area contributed by atoms with Crippen molar-refractivity contribution in [3.63, 3.8) is 0 Å². The Balaban J connectivity index is 2.54. The van der Waals surface area contributed by atoms with Crippen LogP contribution in [0.4, 0.5) is 0 Å². The Morgan fingerprint density at radius 3 is 2.94 bits per heavy atom. The Hall–Kier alpha value is -1.73. The van der Waals surface area contributed by atoms with Gasteiger partial charge in [-0.25, -0.2) is 4.98 Å². The van der Waals surface area contributed by atoms with Crippen molar-refractivity contribution in [2.45, 2.75) is 13.8 Å². The molecule has 0 unspecified atom stereocenters. The number of aromatic nitrogens is 2. The van der Waals surface area contributed by atoms with Crippen LogP contribution in [0.15, 0.2) is 11.0 Å². The molecule has 0 fully saturated rings. The molecular weight excluding hydrogens is 254 g/mol. The number of rotatable bonds is 3. The molecule has 2 rings (SSSR count). The summed E-state index contributed by atoms with van der Waals surface area (Å²) in [5.41, 5.74) is 0.406. The van der Waals surface area contributed by atoms with Gasteiger partial charge in [-0.05, 0) is 13.8 Å².